The Bertz CT molecular complexity index is 537. The second kappa shape index (κ2) is 5.97. The van der Waals surface area contributed by atoms with Crippen LogP contribution in [0.5, 0.6) is 0 Å². The van der Waals surface area contributed by atoms with Gasteiger partial charge in [-0.3, -0.25) is 0 Å². The molecule has 0 unspecified atom stereocenters. The first kappa shape index (κ1) is 13.7. The molecule has 0 radical (unpaired) electrons. The largest absolute Gasteiger partial charge is 0.461 e. The highest BCUT2D eigenvalue weighted by Crippen LogP contribution is 2.22. The Kier molecular flexibility index (Phi) is 4.32. The Hall–Kier alpha value is -1.68. The third-order valence-corrected chi connectivity index (χ3v) is 3.21. The van der Waals surface area contributed by atoms with Crippen LogP contribution in [0.2, 0.25) is 0 Å². The Morgan fingerprint density at radius 1 is 1.16 bits per heavy atom. The summed E-state index contributed by atoms with van der Waals surface area (Å²) in [5, 5.41) is 3.40. The number of nitrogens with zero attached hydrogens (tertiary/aromatic N) is 2. The van der Waals surface area contributed by atoms with E-state index in [1.165, 1.54) is 5.56 Å². The summed E-state index contributed by atoms with van der Waals surface area (Å²) >= 11 is 0. The molecule has 0 aromatic carbocycles. The summed E-state index contributed by atoms with van der Waals surface area (Å²) in [6.07, 6.45) is 2.80. The van der Waals surface area contributed by atoms with Crippen molar-refractivity contribution < 1.29 is 4.42 Å². The summed E-state index contributed by atoms with van der Waals surface area (Å²) in [6, 6.07) is 1.93. The van der Waals surface area contributed by atoms with Gasteiger partial charge in [0.05, 0.1) is 6.26 Å². The minimum Gasteiger partial charge on any atom is -0.461 e. The molecule has 0 fully saturated rings. The van der Waals surface area contributed by atoms with Crippen molar-refractivity contribution in [1.29, 1.82) is 0 Å². The van der Waals surface area contributed by atoms with E-state index in [0.29, 0.717) is 5.82 Å². The van der Waals surface area contributed by atoms with Gasteiger partial charge in [0.15, 0.2) is 11.6 Å². The van der Waals surface area contributed by atoms with Crippen LogP contribution in [-0.4, -0.2) is 16.5 Å². The zero-order valence-corrected chi connectivity index (χ0v) is 12.1. The molecule has 1 N–H and O–H groups in total. The average molecular weight is 259 g/mol. The van der Waals surface area contributed by atoms with Gasteiger partial charge >= 0.3 is 0 Å². The predicted octanol–water partition coefficient (Wildman–Crippen LogP) is 3.16. The molecule has 0 spiro atoms. The fourth-order valence-electron chi connectivity index (χ4n) is 2.09. The van der Waals surface area contributed by atoms with E-state index >= 15 is 0 Å². The quantitative estimate of drug-likeness (QED) is 0.838. The van der Waals surface area contributed by atoms with E-state index in [0.717, 1.165) is 42.2 Å². The van der Waals surface area contributed by atoms with Gasteiger partial charge in [-0.1, -0.05) is 6.92 Å². The second-order valence-electron chi connectivity index (χ2n) is 4.81. The molecule has 0 aliphatic carbocycles. The number of aromatic nitrogens is 2. The van der Waals surface area contributed by atoms with Crippen LogP contribution in [-0.2, 0) is 6.54 Å². The van der Waals surface area contributed by atoms with Gasteiger partial charge in [-0.05, 0) is 45.4 Å². The van der Waals surface area contributed by atoms with Gasteiger partial charge in [0.2, 0.25) is 0 Å². The smallest absolute Gasteiger partial charge is 0.196 e. The van der Waals surface area contributed by atoms with E-state index in [2.05, 4.69) is 22.2 Å². The number of hydrogen-bond donors (Lipinski definition) is 1. The zero-order chi connectivity index (χ0) is 13.8. The maximum Gasteiger partial charge on any atom is 0.196 e. The second-order valence-corrected chi connectivity index (χ2v) is 4.81. The van der Waals surface area contributed by atoms with Crippen LogP contribution in [0.25, 0.3) is 11.6 Å². The average Bonchev–Trinajstić information content (AvgIpc) is 2.79. The molecule has 0 amide bonds. The van der Waals surface area contributed by atoms with E-state index in [4.69, 9.17) is 4.42 Å². The molecule has 4 nitrogen and oxygen atoms in total. The monoisotopic (exact) mass is 259 g/mol. The number of aryl methyl sites for hydroxylation is 3. The zero-order valence-electron chi connectivity index (χ0n) is 12.1. The van der Waals surface area contributed by atoms with E-state index in [-0.39, 0.29) is 0 Å². The first-order valence-corrected chi connectivity index (χ1v) is 6.72. The lowest BCUT2D eigenvalue weighted by atomic mass is 10.1. The maximum absolute atomic E-state index is 5.46. The van der Waals surface area contributed by atoms with Gasteiger partial charge in [-0.25, -0.2) is 9.97 Å². The molecule has 4 heteroatoms. The molecule has 102 valence electrons. The van der Waals surface area contributed by atoms with Crippen molar-refractivity contribution in [1.82, 2.24) is 15.3 Å². The van der Waals surface area contributed by atoms with Crippen LogP contribution < -0.4 is 5.32 Å². The van der Waals surface area contributed by atoms with Gasteiger partial charge in [0, 0.05) is 23.5 Å². The van der Waals surface area contributed by atoms with Crippen LogP contribution in [0.15, 0.2) is 16.7 Å². The molecule has 2 aromatic rings. The molecule has 2 heterocycles. The van der Waals surface area contributed by atoms with Crippen LogP contribution in [0.1, 0.15) is 35.9 Å². The summed E-state index contributed by atoms with van der Waals surface area (Å²) in [4.78, 5) is 9.14. The Labute approximate surface area is 114 Å². The minimum absolute atomic E-state index is 0.678. The topological polar surface area (TPSA) is 51.0 Å². The van der Waals surface area contributed by atoms with Crippen LogP contribution >= 0.6 is 0 Å². The van der Waals surface area contributed by atoms with Gasteiger partial charge < -0.3 is 9.73 Å². The standard InChI is InChI=1S/C15H21N3O/c1-5-7-16-9-13-11(3)17-15(18-12(13)4)14-10(2)6-8-19-14/h6,8,16H,5,7,9H2,1-4H3. The van der Waals surface area contributed by atoms with Crippen molar-refractivity contribution in [3.63, 3.8) is 0 Å². The highest BCUT2D eigenvalue weighted by molar-refractivity contribution is 5.53. The van der Waals surface area contributed by atoms with E-state index in [1.54, 1.807) is 6.26 Å². The minimum atomic E-state index is 0.678. The number of nitrogens with one attached hydrogen (secondary N) is 1. The van der Waals surface area contributed by atoms with Gasteiger partial charge in [-0.15, -0.1) is 0 Å². The van der Waals surface area contributed by atoms with Crippen molar-refractivity contribution in [2.75, 3.05) is 6.54 Å². The molecule has 2 aromatic heterocycles. The van der Waals surface area contributed by atoms with Gasteiger partial charge in [0.25, 0.3) is 0 Å². The summed E-state index contributed by atoms with van der Waals surface area (Å²) in [5.41, 5.74) is 4.28. The van der Waals surface area contributed by atoms with Gasteiger partial charge in [0.1, 0.15) is 0 Å². The number of rotatable bonds is 5. The lowest BCUT2D eigenvalue weighted by molar-refractivity contribution is 0.574. The lowest BCUT2D eigenvalue weighted by Crippen LogP contribution is -2.17. The molecule has 2 rings (SSSR count). The molecular weight excluding hydrogens is 238 g/mol. The first-order valence-electron chi connectivity index (χ1n) is 6.72. The predicted molar refractivity (Wildman–Crippen MR) is 75.9 cm³/mol. The van der Waals surface area contributed by atoms with E-state index in [1.807, 2.05) is 26.8 Å². The molecule has 0 saturated carbocycles. The molecular formula is C15H21N3O. The highest BCUT2D eigenvalue weighted by atomic mass is 16.3. The molecule has 0 atom stereocenters. The highest BCUT2D eigenvalue weighted by Gasteiger charge is 2.13. The van der Waals surface area contributed by atoms with Crippen molar-refractivity contribution >= 4 is 0 Å². The Morgan fingerprint density at radius 3 is 2.37 bits per heavy atom. The third kappa shape index (κ3) is 3.01. The summed E-state index contributed by atoms with van der Waals surface area (Å²) in [5.74, 6) is 1.44. The molecule has 0 saturated heterocycles. The Morgan fingerprint density at radius 2 is 1.84 bits per heavy atom. The fraction of sp³-hybridized carbons (Fsp3) is 0.467. The van der Waals surface area contributed by atoms with Crippen molar-refractivity contribution in [3.05, 3.63) is 34.8 Å². The van der Waals surface area contributed by atoms with Crippen molar-refractivity contribution in [3.8, 4) is 11.6 Å². The maximum atomic E-state index is 5.46. The number of hydrogen-bond acceptors (Lipinski definition) is 4. The SMILES string of the molecule is CCCNCc1c(C)nc(-c2occc2C)nc1C. The summed E-state index contributed by atoms with van der Waals surface area (Å²) < 4.78 is 5.46. The van der Waals surface area contributed by atoms with Crippen LogP contribution in [0.4, 0.5) is 0 Å². The van der Waals surface area contributed by atoms with Crippen LogP contribution in [0, 0.1) is 20.8 Å². The third-order valence-electron chi connectivity index (χ3n) is 3.21. The fourth-order valence-corrected chi connectivity index (χ4v) is 2.09. The lowest BCUT2D eigenvalue weighted by Gasteiger charge is -2.11. The van der Waals surface area contributed by atoms with E-state index in [9.17, 15) is 0 Å². The van der Waals surface area contributed by atoms with Gasteiger partial charge in [-0.2, -0.15) is 0 Å². The number of furan rings is 1. The van der Waals surface area contributed by atoms with Crippen molar-refractivity contribution in [2.45, 2.75) is 40.7 Å². The first-order chi connectivity index (χ1) is 9.13. The molecule has 19 heavy (non-hydrogen) atoms. The molecule has 0 aliphatic rings. The Balaban J connectivity index is 2.29. The van der Waals surface area contributed by atoms with Crippen LogP contribution in [0.3, 0.4) is 0 Å². The molecule has 0 bridgehead atoms. The normalized spacial score (nSPS) is 10.9. The summed E-state index contributed by atoms with van der Waals surface area (Å²) in [7, 11) is 0. The van der Waals surface area contributed by atoms with E-state index < -0.39 is 0 Å². The molecule has 0 aliphatic heterocycles. The summed E-state index contributed by atoms with van der Waals surface area (Å²) in [6.45, 7) is 10.1. The van der Waals surface area contributed by atoms with Crippen molar-refractivity contribution in [2.24, 2.45) is 0 Å².